The lowest BCUT2D eigenvalue weighted by atomic mass is 9.82. The SMILES string of the molecule is CCS(=O)C1CCCC(NC(=O)CC2(O)CCCCC2)C1. The van der Waals surface area contributed by atoms with Crippen LogP contribution in [-0.2, 0) is 15.6 Å². The first-order chi connectivity index (χ1) is 10.0. The van der Waals surface area contributed by atoms with Crippen LogP contribution in [0, 0.1) is 0 Å². The van der Waals surface area contributed by atoms with Crippen LogP contribution >= 0.6 is 0 Å². The van der Waals surface area contributed by atoms with Crippen molar-refractivity contribution in [3.8, 4) is 0 Å². The number of carbonyl (C=O) groups excluding carboxylic acids is 1. The van der Waals surface area contributed by atoms with E-state index in [-0.39, 0.29) is 23.6 Å². The summed E-state index contributed by atoms with van der Waals surface area (Å²) in [6, 6.07) is 0.138. The van der Waals surface area contributed by atoms with E-state index in [1.807, 2.05) is 6.92 Å². The fourth-order valence-electron chi connectivity index (χ4n) is 3.71. The molecule has 122 valence electrons. The van der Waals surface area contributed by atoms with E-state index in [0.29, 0.717) is 5.75 Å². The van der Waals surface area contributed by atoms with E-state index in [1.54, 1.807) is 0 Å². The molecule has 3 unspecified atom stereocenters. The molecule has 2 fully saturated rings. The Bertz CT molecular complexity index is 380. The standard InChI is InChI=1S/C16H29NO3S/c1-2-21(20)14-8-6-7-13(11-14)17-15(18)12-16(19)9-4-3-5-10-16/h13-14,19H,2-12H2,1H3,(H,17,18). The van der Waals surface area contributed by atoms with Crippen molar-refractivity contribution < 1.29 is 14.1 Å². The normalized spacial score (nSPS) is 30.6. The molecular weight excluding hydrogens is 286 g/mol. The lowest BCUT2D eigenvalue weighted by Crippen LogP contribution is -2.44. The second-order valence-electron chi connectivity index (χ2n) is 6.68. The molecule has 0 saturated heterocycles. The molecular formula is C16H29NO3S. The Labute approximate surface area is 130 Å². The summed E-state index contributed by atoms with van der Waals surface area (Å²) in [5.41, 5.74) is -0.789. The summed E-state index contributed by atoms with van der Waals surface area (Å²) in [6.07, 6.45) is 8.76. The predicted molar refractivity (Wildman–Crippen MR) is 85.5 cm³/mol. The van der Waals surface area contributed by atoms with E-state index in [2.05, 4.69) is 5.32 Å². The Morgan fingerprint density at radius 3 is 2.62 bits per heavy atom. The molecule has 5 heteroatoms. The monoisotopic (exact) mass is 315 g/mol. The Hall–Kier alpha value is -0.420. The Kier molecular flexibility index (Phi) is 6.23. The third-order valence-corrected chi connectivity index (χ3v) is 6.66. The Morgan fingerprint density at radius 2 is 1.95 bits per heavy atom. The summed E-state index contributed by atoms with van der Waals surface area (Å²) in [5, 5.41) is 13.7. The van der Waals surface area contributed by atoms with Gasteiger partial charge in [-0.2, -0.15) is 0 Å². The van der Waals surface area contributed by atoms with Crippen LogP contribution in [0.3, 0.4) is 0 Å². The summed E-state index contributed by atoms with van der Waals surface area (Å²) < 4.78 is 11.9. The fraction of sp³-hybridized carbons (Fsp3) is 0.938. The summed E-state index contributed by atoms with van der Waals surface area (Å²) in [5.74, 6) is 0.665. The first-order valence-electron chi connectivity index (χ1n) is 8.41. The van der Waals surface area contributed by atoms with Crippen LogP contribution in [0.4, 0.5) is 0 Å². The van der Waals surface area contributed by atoms with Gasteiger partial charge in [0.2, 0.25) is 5.91 Å². The summed E-state index contributed by atoms with van der Waals surface area (Å²) in [6.45, 7) is 1.96. The Morgan fingerprint density at radius 1 is 1.24 bits per heavy atom. The fourth-order valence-corrected chi connectivity index (χ4v) is 5.06. The van der Waals surface area contributed by atoms with E-state index in [4.69, 9.17) is 0 Å². The highest BCUT2D eigenvalue weighted by Gasteiger charge is 2.33. The minimum absolute atomic E-state index is 0.0349. The maximum Gasteiger partial charge on any atom is 0.223 e. The Balaban J connectivity index is 1.80. The molecule has 0 radical (unpaired) electrons. The smallest absolute Gasteiger partial charge is 0.223 e. The van der Waals surface area contributed by atoms with E-state index in [0.717, 1.165) is 57.8 Å². The van der Waals surface area contributed by atoms with Crippen LogP contribution in [0.15, 0.2) is 0 Å². The van der Waals surface area contributed by atoms with Crippen molar-refractivity contribution in [1.82, 2.24) is 5.32 Å². The van der Waals surface area contributed by atoms with Gasteiger partial charge in [-0.3, -0.25) is 9.00 Å². The zero-order valence-corrected chi connectivity index (χ0v) is 13.9. The molecule has 1 amide bonds. The number of rotatable bonds is 5. The number of amides is 1. The summed E-state index contributed by atoms with van der Waals surface area (Å²) in [4.78, 5) is 12.2. The topological polar surface area (TPSA) is 66.4 Å². The molecule has 0 heterocycles. The van der Waals surface area contributed by atoms with Crippen LogP contribution in [0.25, 0.3) is 0 Å². The van der Waals surface area contributed by atoms with Crippen LogP contribution < -0.4 is 5.32 Å². The molecule has 0 aromatic heterocycles. The summed E-state index contributed by atoms with van der Waals surface area (Å²) in [7, 11) is -0.764. The van der Waals surface area contributed by atoms with E-state index < -0.39 is 16.4 Å². The van der Waals surface area contributed by atoms with Gasteiger partial charge in [0.15, 0.2) is 0 Å². The van der Waals surface area contributed by atoms with Crippen molar-refractivity contribution in [2.75, 3.05) is 5.75 Å². The zero-order chi connectivity index (χ0) is 15.3. The average molecular weight is 315 g/mol. The minimum Gasteiger partial charge on any atom is -0.389 e. The van der Waals surface area contributed by atoms with Crippen molar-refractivity contribution in [3.05, 3.63) is 0 Å². The first kappa shape index (κ1) is 16.9. The average Bonchev–Trinajstić information content (AvgIpc) is 2.46. The molecule has 0 aliphatic heterocycles. The van der Waals surface area contributed by atoms with Gasteiger partial charge in [0.1, 0.15) is 0 Å². The van der Waals surface area contributed by atoms with Crippen molar-refractivity contribution in [2.24, 2.45) is 0 Å². The maximum atomic E-state index is 12.2. The zero-order valence-electron chi connectivity index (χ0n) is 13.1. The van der Waals surface area contributed by atoms with Crippen LogP contribution in [0.2, 0.25) is 0 Å². The number of carbonyl (C=O) groups is 1. The molecule has 4 nitrogen and oxygen atoms in total. The number of nitrogens with one attached hydrogen (secondary N) is 1. The number of hydrogen-bond donors (Lipinski definition) is 2. The molecule has 21 heavy (non-hydrogen) atoms. The van der Waals surface area contributed by atoms with Gasteiger partial charge >= 0.3 is 0 Å². The second kappa shape index (κ2) is 7.73. The molecule has 0 aromatic carbocycles. The quantitative estimate of drug-likeness (QED) is 0.818. The third-order valence-electron chi connectivity index (χ3n) is 4.92. The van der Waals surface area contributed by atoms with Gasteiger partial charge in [0.05, 0.1) is 12.0 Å². The van der Waals surface area contributed by atoms with Gasteiger partial charge in [-0.15, -0.1) is 0 Å². The van der Waals surface area contributed by atoms with Gasteiger partial charge in [-0.25, -0.2) is 0 Å². The highest BCUT2D eigenvalue weighted by Crippen LogP contribution is 2.31. The molecule has 0 bridgehead atoms. The molecule has 2 saturated carbocycles. The van der Waals surface area contributed by atoms with Crippen LogP contribution in [-0.4, -0.2) is 37.9 Å². The minimum atomic E-state index is -0.789. The van der Waals surface area contributed by atoms with Gasteiger partial charge in [0.25, 0.3) is 0 Å². The first-order valence-corrected chi connectivity index (χ1v) is 9.79. The molecule has 2 N–H and O–H groups in total. The maximum absolute atomic E-state index is 12.2. The van der Waals surface area contributed by atoms with Crippen LogP contribution in [0.5, 0.6) is 0 Å². The summed E-state index contributed by atoms with van der Waals surface area (Å²) >= 11 is 0. The van der Waals surface area contributed by atoms with Gasteiger partial charge in [0, 0.05) is 27.8 Å². The van der Waals surface area contributed by atoms with E-state index in [1.165, 1.54) is 0 Å². The van der Waals surface area contributed by atoms with Crippen molar-refractivity contribution >= 4 is 16.7 Å². The van der Waals surface area contributed by atoms with Gasteiger partial charge in [-0.1, -0.05) is 32.6 Å². The van der Waals surface area contributed by atoms with E-state index >= 15 is 0 Å². The highest BCUT2D eigenvalue weighted by molar-refractivity contribution is 7.85. The number of hydrogen-bond acceptors (Lipinski definition) is 3. The largest absolute Gasteiger partial charge is 0.389 e. The van der Waals surface area contributed by atoms with Crippen molar-refractivity contribution in [1.29, 1.82) is 0 Å². The number of aliphatic hydroxyl groups is 1. The van der Waals surface area contributed by atoms with Gasteiger partial charge < -0.3 is 10.4 Å². The van der Waals surface area contributed by atoms with Gasteiger partial charge in [-0.05, 0) is 32.1 Å². The lowest BCUT2D eigenvalue weighted by molar-refractivity contribution is -0.128. The molecule has 3 atom stereocenters. The van der Waals surface area contributed by atoms with Crippen molar-refractivity contribution in [2.45, 2.75) is 88.0 Å². The molecule has 2 rings (SSSR count). The third kappa shape index (κ3) is 5.06. The molecule has 0 aromatic rings. The second-order valence-corrected chi connectivity index (χ2v) is 8.69. The molecule has 2 aliphatic rings. The van der Waals surface area contributed by atoms with Crippen LogP contribution in [0.1, 0.15) is 71.1 Å². The van der Waals surface area contributed by atoms with Crippen molar-refractivity contribution in [3.63, 3.8) is 0 Å². The lowest BCUT2D eigenvalue weighted by Gasteiger charge is -2.33. The molecule has 2 aliphatic carbocycles. The predicted octanol–water partition coefficient (Wildman–Crippen LogP) is 2.27. The molecule has 0 spiro atoms. The van der Waals surface area contributed by atoms with E-state index in [9.17, 15) is 14.1 Å². The highest BCUT2D eigenvalue weighted by atomic mass is 32.2.